The highest BCUT2D eigenvalue weighted by molar-refractivity contribution is 5.34. The first-order valence-corrected chi connectivity index (χ1v) is 4.96. The van der Waals surface area contributed by atoms with Gasteiger partial charge < -0.3 is 14.2 Å². The van der Waals surface area contributed by atoms with Crippen LogP contribution in [-0.4, -0.2) is 32.4 Å². The van der Waals surface area contributed by atoms with E-state index in [9.17, 15) is 0 Å². The Labute approximate surface area is 90.2 Å². The smallest absolute Gasteiger partial charge is 0.144 e. The zero-order valence-corrected chi connectivity index (χ0v) is 9.45. The summed E-state index contributed by atoms with van der Waals surface area (Å²) in [7, 11) is 3.28. The zero-order valence-electron chi connectivity index (χ0n) is 9.45. The number of hydrogen-bond acceptors (Lipinski definition) is 4. The molecule has 0 aliphatic carbocycles. The Morgan fingerprint density at radius 2 is 2.07 bits per heavy atom. The topological polar surface area (TPSA) is 40.6 Å². The number of aryl methyl sites for hydroxylation is 1. The summed E-state index contributed by atoms with van der Waals surface area (Å²) < 4.78 is 15.5. The lowest BCUT2D eigenvalue weighted by Crippen LogP contribution is -2.05. The second kappa shape index (κ2) is 6.24. The van der Waals surface area contributed by atoms with E-state index in [-0.39, 0.29) is 0 Å². The van der Waals surface area contributed by atoms with Crippen LogP contribution in [-0.2, 0) is 11.2 Å². The van der Waals surface area contributed by atoms with Gasteiger partial charge in [-0.2, -0.15) is 0 Å². The molecule has 0 aliphatic heterocycles. The minimum Gasteiger partial charge on any atom is -0.495 e. The van der Waals surface area contributed by atoms with Gasteiger partial charge in [0.15, 0.2) is 0 Å². The largest absolute Gasteiger partial charge is 0.495 e. The molecule has 0 radical (unpaired) electrons. The van der Waals surface area contributed by atoms with Crippen molar-refractivity contribution in [2.24, 2.45) is 0 Å². The lowest BCUT2D eigenvalue weighted by Gasteiger charge is -2.09. The van der Waals surface area contributed by atoms with Crippen molar-refractivity contribution in [1.82, 2.24) is 4.98 Å². The van der Waals surface area contributed by atoms with E-state index in [4.69, 9.17) is 14.2 Å². The van der Waals surface area contributed by atoms with Crippen LogP contribution in [0.2, 0.25) is 0 Å². The summed E-state index contributed by atoms with van der Waals surface area (Å²) in [6.07, 6.45) is 2.55. The van der Waals surface area contributed by atoms with Gasteiger partial charge in [0.05, 0.1) is 25.6 Å². The average molecular weight is 211 g/mol. The quantitative estimate of drug-likeness (QED) is 0.671. The first-order chi connectivity index (χ1) is 7.31. The molecule has 1 aromatic rings. The lowest BCUT2D eigenvalue weighted by molar-refractivity contribution is 0.146. The second-order valence-corrected chi connectivity index (χ2v) is 3.01. The van der Waals surface area contributed by atoms with Crippen LogP contribution in [0.4, 0.5) is 0 Å². The lowest BCUT2D eigenvalue weighted by atomic mass is 10.2. The summed E-state index contributed by atoms with van der Waals surface area (Å²) in [6, 6.07) is 1.85. The minimum absolute atomic E-state index is 0.521. The van der Waals surface area contributed by atoms with Gasteiger partial charge >= 0.3 is 0 Å². The van der Waals surface area contributed by atoms with E-state index in [1.165, 1.54) is 0 Å². The molecule has 1 rings (SSSR count). The molecule has 0 saturated carbocycles. The molecule has 84 valence electrons. The molecule has 0 amide bonds. The Morgan fingerprint density at radius 3 is 2.67 bits per heavy atom. The first kappa shape index (κ1) is 11.8. The summed E-state index contributed by atoms with van der Waals surface area (Å²) in [5, 5.41) is 0. The Kier molecular flexibility index (Phi) is 4.90. The van der Waals surface area contributed by atoms with Crippen molar-refractivity contribution in [3.05, 3.63) is 18.0 Å². The van der Waals surface area contributed by atoms with Crippen LogP contribution in [0.5, 0.6) is 11.5 Å². The third-order valence-electron chi connectivity index (χ3n) is 2.02. The molecule has 0 spiro atoms. The fourth-order valence-electron chi connectivity index (χ4n) is 1.22. The molecule has 4 nitrogen and oxygen atoms in total. The molecule has 15 heavy (non-hydrogen) atoms. The van der Waals surface area contributed by atoms with Crippen LogP contribution in [0, 0.1) is 0 Å². The normalized spacial score (nSPS) is 10.1. The van der Waals surface area contributed by atoms with Crippen molar-refractivity contribution in [3.63, 3.8) is 0 Å². The highest BCUT2D eigenvalue weighted by atomic mass is 16.5. The van der Waals surface area contributed by atoms with Crippen molar-refractivity contribution < 1.29 is 14.2 Å². The third-order valence-corrected chi connectivity index (χ3v) is 2.02. The maximum Gasteiger partial charge on any atom is 0.144 e. The van der Waals surface area contributed by atoms with Crippen LogP contribution >= 0.6 is 0 Å². The van der Waals surface area contributed by atoms with Gasteiger partial charge in [0.2, 0.25) is 0 Å². The van der Waals surface area contributed by atoms with E-state index in [2.05, 4.69) is 4.98 Å². The van der Waals surface area contributed by atoms with Crippen LogP contribution in [0.25, 0.3) is 0 Å². The summed E-state index contributed by atoms with van der Waals surface area (Å²) in [4.78, 5) is 4.26. The van der Waals surface area contributed by atoms with E-state index in [1.807, 2.05) is 13.0 Å². The molecular formula is C11H17NO3. The van der Waals surface area contributed by atoms with Gasteiger partial charge in [0, 0.05) is 13.2 Å². The van der Waals surface area contributed by atoms with Crippen LogP contribution in [0.3, 0.4) is 0 Å². The van der Waals surface area contributed by atoms with Crippen LogP contribution < -0.4 is 9.47 Å². The highest BCUT2D eigenvalue weighted by Gasteiger charge is 2.04. The van der Waals surface area contributed by atoms with E-state index >= 15 is 0 Å². The van der Waals surface area contributed by atoms with Crippen molar-refractivity contribution in [1.29, 1.82) is 0 Å². The molecule has 0 fully saturated rings. The molecule has 4 heteroatoms. The molecule has 1 heterocycles. The predicted molar refractivity (Wildman–Crippen MR) is 57.5 cm³/mol. The summed E-state index contributed by atoms with van der Waals surface area (Å²) in [6.45, 7) is 3.13. The van der Waals surface area contributed by atoms with Crippen molar-refractivity contribution >= 4 is 0 Å². The molecule has 1 aromatic heterocycles. The van der Waals surface area contributed by atoms with Crippen molar-refractivity contribution in [2.45, 2.75) is 13.3 Å². The zero-order chi connectivity index (χ0) is 11.1. The number of ether oxygens (including phenoxy) is 3. The molecular weight excluding hydrogens is 194 g/mol. The Hall–Kier alpha value is -1.29. The standard InChI is InChI=1S/C11H17NO3/c1-4-10-11(14-3)7-9(8-12-10)15-6-5-13-2/h7-8H,4-6H2,1-3H3. The highest BCUT2D eigenvalue weighted by Crippen LogP contribution is 2.22. The van der Waals surface area contributed by atoms with Crippen LogP contribution in [0.15, 0.2) is 12.3 Å². The van der Waals surface area contributed by atoms with Crippen molar-refractivity contribution in [3.8, 4) is 11.5 Å². The molecule has 0 bridgehead atoms. The van der Waals surface area contributed by atoms with Crippen molar-refractivity contribution in [2.75, 3.05) is 27.4 Å². The predicted octanol–water partition coefficient (Wildman–Crippen LogP) is 1.68. The van der Waals surface area contributed by atoms with Gasteiger partial charge in [-0.15, -0.1) is 0 Å². The number of pyridine rings is 1. The number of aromatic nitrogens is 1. The number of rotatable bonds is 6. The maximum atomic E-state index is 5.42. The second-order valence-electron chi connectivity index (χ2n) is 3.01. The fraction of sp³-hybridized carbons (Fsp3) is 0.545. The summed E-state index contributed by atoms with van der Waals surface area (Å²) >= 11 is 0. The third kappa shape index (κ3) is 3.40. The van der Waals surface area contributed by atoms with E-state index in [1.54, 1.807) is 20.4 Å². The summed E-state index contributed by atoms with van der Waals surface area (Å²) in [5.74, 6) is 1.48. The molecule has 0 aliphatic rings. The SMILES string of the molecule is CCc1ncc(OCCOC)cc1OC. The summed E-state index contributed by atoms with van der Waals surface area (Å²) in [5.41, 5.74) is 0.941. The Bertz CT molecular complexity index is 302. The number of hydrogen-bond donors (Lipinski definition) is 0. The van der Waals surface area contributed by atoms with Gasteiger partial charge in [-0.05, 0) is 6.42 Å². The average Bonchev–Trinajstić information content (AvgIpc) is 2.29. The fourth-order valence-corrected chi connectivity index (χ4v) is 1.22. The Morgan fingerprint density at radius 1 is 1.27 bits per heavy atom. The number of methoxy groups -OCH3 is 2. The van der Waals surface area contributed by atoms with E-state index < -0.39 is 0 Å². The molecule has 0 unspecified atom stereocenters. The molecule has 0 atom stereocenters. The first-order valence-electron chi connectivity index (χ1n) is 4.96. The van der Waals surface area contributed by atoms with Gasteiger partial charge in [0.25, 0.3) is 0 Å². The van der Waals surface area contributed by atoms with Gasteiger partial charge in [0.1, 0.15) is 18.1 Å². The van der Waals surface area contributed by atoms with Crippen LogP contribution in [0.1, 0.15) is 12.6 Å². The van der Waals surface area contributed by atoms with Gasteiger partial charge in [-0.3, -0.25) is 4.98 Å². The van der Waals surface area contributed by atoms with Gasteiger partial charge in [-0.1, -0.05) is 6.92 Å². The van der Waals surface area contributed by atoms with E-state index in [0.717, 1.165) is 17.9 Å². The maximum absolute atomic E-state index is 5.42. The molecule has 0 saturated heterocycles. The molecule has 0 aromatic carbocycles. The molecule has 0 N–H and O–H groups in total. The Balaban J connectivity index is 2.66. The minimum atomic E-state index is 0.521. The number of nitrogens with zero attached hydrogens (tertiary/aromatic N) is 1. The van der Waals surface area contributed by atoms with E-state index in [0.29, 0.717) is 19.0 Å². The van der Waals surface area contributed by atoms with Gasteiger partial charge in [-0.25, -0.2) is 0 Å². The monoisotopic (exact) mass is 211 g/mol.